The summed E-state index contributed by atoms with van der Waals surface area (Å²) in [5.74, 6) is 0.671. The maximum Gasteiger partial charge on any atom is 0.238 e. The van der Waals surface area contributed by atoms with Crippen LogP contribution in [0.3, 0.4) is 0 Å². The molecule has 2 aromatic rings. The van der Waals surface area contributed by atoms with E-state index in [-0.39, 0.29) is 4.90 Å². The Morgan fingerprint density at radius 3 is 2.65 bits per heavy atom. The molecule has 0 spiro atoms. The van der Waals surface area contributed by atoms with Gasteiger partial charge in [-0.2, -0.15) is 0 Å². The molecule has 1 aliphatic rings. The number of sulfonamides is 1. The summed E-state index contributed by atoms with van der Waals surface area (Å²) in [6.07, 6.45) is 3.71. The van der Waals surface area contributed by atoms with E-state index in [9.17, 15) is 8.42 Å². The Bertz CT molecular complexity index is 882. The minimum absolute atomic E-state index is 0.0345. The van der Waals surface area contributed by atoms with Crippen LogP contribution in [0.15, 0.2) is 35.4 Å². The monoisotopic (exact) mass is 395 g/mol. The summed E-state index contributed by atoms with van der Waals surface area (Å²) in [7, 11) is -3.73. The van der Waals surface area contributed by atoms with E-state index >= 15 is 0 Å². The summed E-state index contributed by atoms with van der Waals surface area (Å²) < 4.78 is 22.8. The van der Waals surface area contributed by atoms with Crippen LogP contribution in [0.2, 0.25) is 5.02 Å². The fourth-order valence-corrected chi connectivity index (χ4v) is 3.86. The van der Waals surface area contributed by atoms with Crippen molar-refractivity contribution in [3.8, 4) is 0 Å². The number of benzene rings is 1. The van der Waals surface area contributed by atoms with E-state index in [4.69, 9.17) is 16.7 Å². The highest BCUT2D eigenvalue weighted by Gasteiger charge is 2.21. The van der Waals surface area contributed by atoms with Gasteiger partial charge in [-0.1, -0.05) is 17.7 Å². The van der Waals surface area contributed by atoms with Gasteiger partial charge in [0.2, 0.25) is 16.0 Å². The Morgan fingerprint density at radius 1 is 1.31 bits per heavy atom. The molecule has 0 aliphatic carbocycles. The zero-order chi connectivity index (χ0) is 18.7. The summed E-state index contributed by atoms with van der Waals surface area (Å²) in [4.78, 5) is 11.0. The van der Waals surface area contributed by atoms with Gasteiger partial charge in [0.05, 0.1) is 4.90 Å². The molecule has 1 saturated heterocycles. The molecule has 3 N–H and O–H groups in total. The number of aromatic nitrogens is 2. The van der Waals surface area contributed by atoms with Crippen LogP contribution in [0.1, 0.15) is 24.1 Å². The Morgan fingerprint density at radius 2 is 2.04 bits per heavy atom. The van der Waals surface area contributed by atoms with Crippen molar-refractivity contribution in [2.45, 2.75) is 37.2 Å². The molecule has 26 heavy (non-hydrogen) atoms. The smallest absolute Gasteiger partial charge is 0.238 e. The number of nitrogens with one attached hydrogen (secondary N) is 1. The Balaban J connectivity index is 1.56. The highest BCUT2D eigenvalue weighted by atomic mass is 35.5. The van der Waals surface area contributed by atoms with Crippen LogP contribution in [0.25, 0.3) is 0 Å². The van der Waals surface area contributed by atoms with Gasteiger partial charge in [0.1, 0.15) is 0 Å². The topological polar surface area (TPSA) is 101 Å². The minimum Gasteiger partial charge on any atom is -0.351 e. The normalized spacial score (nSPS) is 16.6. The van der Waals surface area contributed by atoms with Gasteiger partial charge in [-0.3, -0.25) is 4.90 Å². The fraction of sp³-hybridized carbons (Fsp3) is 0.412. The molecular formula is C17H22ClN5O2S. The summed E-state index contributed by atoms with van der Waals surface area (Å²) in [5, 5.41) is 8.94. The first-order valence-electron chi connectivity index (χ1n) is 8.41. The molecule has 0 amide bonds. The van der Waals surface area contributed by atoms with Crippen molar-refractivity contribution in [1.29, 1.82) is 0 Å². The Kier molecular flexibility index (Phi) is 5.76. The van der Waals surface area contributed by atoms with Crippen LogP contribution in [-0.2, 0) is 16.6 Å². The van der Waals surface area contributed by atoms with Crippen molar-refractivity contribution in [3.63, 3.8) is 0 Å². The molecule has 9 heteroatoms. The highest BCUT2D eigenvalue weighted by molar-refractivity contribution is 7.89. The number of hydrogen-bond acceptors (Lipinski definition) is 6. The Labute approximate surface area is 158 Å². The Hall–Kier alpha value is -1.74. The molecule has 0 bridgehead atoms. The first-order chi connectivity index (χ1) is 12.3. The van der Waals surface area contributed by atoms with Crippen molar-refractivity contribution in [2.24, 2.45) is 5.14 Å². The summed E-state index contributed by atoms with van der Waals surface area (Å²) in [5.41, 5.74) is 1.84. The number of halogens is 1. The largest absolute Gasteiger partial charge is 0.351 e. The van der Waals surface area contributed by atoms with Gasteiger partial charge >= 0.3 is 0 Å². The van der Waals surface area contributed by atoms with Crippen LogP contribution in [0.4, 0.5) is 5.95 Å². The predicted octanol–water partition coefficient (Wildman–Crippen LogP) is 2.16. The van der Waals surface area contributed by atoms with E-state index in [2.05, 4.69) is 20.2 Å². The van der Waals surface area contributed by atoms with Crippen LogP contribution in [0.5, 0.6) is 0 Å². The predicted molar refractivity (Wildman–Crippen MR) is 102 cm³/mol. The number of anilines is 1. The number of aryl methyl sites for hydroxylation is 1. The molecular weight excluding hydrogens is 374 g/mol. The maximum atomic E-state index is 11.4. The minimum atomic E-state index is -3.73. The van der Waals surface area contributed by atoms with E-state index in [0.717, 1.165) is 37.2 Å². The number of nitrogens with two attached hydrogens (primary N) is 1. The van der Waals surface area contributed by atoms with Crippen LogP contribution < -0.4 is 10.5 Å². The van der Waals surface area contributed by atoms with Crippen LogP contribution >= 0.6 is 11.6 Å². The molecule has 1 fully saturated rings. The highest BCUT2D eigenvalue weighted by Crippen LogP contribution is 2.23. The second-order valence-corrected chi connectivity index (χ2v) is 8.48. The summed E-state index contributed by atoms with van der Waals surface area (Å²) in [6.45, 7) is 4.45. The first-order valence-corrected chi connectivity index (χ1v) is 10.3. The van der Waals surface area contributed by atoms with Gasteiger partial charge in [0.15, 0.2) is 0 Å². The molecule has 0 unspecified atom stereocenters. The van der Waals surface area contributed by atoms with E-state index < -0.39 is 10.0 Å². The molecule has 7 nitrogen and oxygen atoms in total. The number of primary sulfonamides is 1. The SMILES string of the molecule is Cc1ccnc(NC2CCN(Cc3ccc(S(N)(=O)=O)cc3Cl)CC2)n1. The lowest BCUT2D eigenvalue weighted by atomic mass is 10.0. The van der Waals surface area contributed by atoms with Crippen molar-refractivity contribution in [2.75, 3.05) is 18.4 Å². The molecule has 2 heterocycles. The average Bonchev–Trinajstić information content (AvgIpc) is 2.57. The molecule has 1 aromatic carbocycles. The van der Waals surface area contributed by atoms with E-state index in [0.29, 0.717) is 23.6 Å². The van der Waals surface area contributed by atoms with Gasteiger partial charge in [-0.15, -0.1) is 0 Å². The lowest BCUT2D eigenvalue weighted by Gasteiger charge is -2.32. The van der Waals surface area contributed by atoms with Crippen LogP contribution in [-0.4, -0.2) is 42.4 Å². The molecule has 0 atom stereocenters. The van der Waals surface area contributed by atoms with Crippen molar-refractivity contribution >= 4 is 27.6 Å². The van der Waals surface area contributed by atoms with Crippen molar-refractivity contribution < 1.29 is 8.42 Å². The third kappa shape index (κ3) is 4.91. The second-order valence-electron chi connectivity index (χ2n) is 6.51. The number of nitrogens with zero attached hydrogens (tertiary/aromatic N) is 3. The zero-order valence-corrected chi connectivity index (χ0v) is 16.1. The number of rotatable bonds is 5. The standard InChI is InChI=1S/C17H22ClN5O2S/c1-12-4-7-20-17(21-12)22-14-5-8-23(9-6-14)11-13-2-3-15(10-16(13)18)26(19,24)25/h2-4,7,10,14H,5-6,8-9,11H2,1H3,(H2,19,24,25)(H,20,21,22). The first kappa shape index (κ1) is 19.0. The number of piperidine rings is 1. The quantitative estimate of drug-likeness (QED) is 0.804. The zero-order valence-electron chi connectivity index (χ0n) is 14.5. The number of likely N-dealkylation sites (tertiary alicyclic amines) is 1. The molecule has 3 rings (SSSR count). The van der Waals surface area contributed by atoms with E-state index in [1.807, 2.05) is 13.0 Å². The van der Waals surface area contributed by atoms with Gasteiger partial charge < -0.3 is 5.32 Å². The van der Waals surface area contributed by atoms with Gasteiger partial charge in [-0.05, 0) is 43.5 Å². The third-order valence-corrected chi connectivity index (χ3v) is 5.73. The van der Waals surface area contributed by atoms with Gasteiger partial charge in [0.25, 0.3) is 0 Å². The third-order valence-electron chi connectivity index (χ3n) is 4.46. The van der Waals surface area contributed by atoms with Crippen molar-refractivity contribution in [1.82, 2.24) is 14.9 Å². The fourth-order valence-electron chi connectivity index (χ4n) is 3.01. The van der Waals surface area contributed by atoms with E-state index in [1.165, 1.54) is 12.1 Å². The summed E-state index contributed by atoms with van der Waals surface area (Å²) >= 11 is 6.23. The lowest BCUT2D eigenvalue weighted by Crippen LogP contribution is -2.39. The molecule has 0 radical (unpaired) electrons. The molecule has 1 aromatic heterocycles. The second kappa shape index (κ2) is 7.87. The maximum absolute atomic E-state index is 11.4. The van der Waals surface area contributed by atoms with Gasteiger partial charge in [-0.25, -0.2) is 23.5 Å². The molecule has 1 aliphatic heterocycles. The summed E-state index contributed by atoms with van der Waals surface area (Å²) in [6, 6.07) is 6.86. The molecule has 0 saturated carbocycles. The van der Waals surface area contributed by atoms with Gasteiger partial charge in [0, 0.05) is 42.6 Å². The molecule has 140 valence electrons. The number of hydrogen-bond donors (Lipinski definition) is 2. The lowest BCUT2D eigenvalue weighted by molar-refractivity contribution is 0.211. The average molecular weight is 396 g/mol. The van der Waals surface area contributed by atoms with Crippen molar-refractivity contribution in [3.05, 3.63) is 46.7 Å². The van der Waals surface area contributed by atoms with Crippen LogP contribution in [0, 0.1) is 6.92 Å². The van der Waals surface area contributed by atoms with E-state index in [1.54, 1.807) is 12.3 Å².